The standard InChI is InChI=1S/C8H14N2O/c1-5-3-7(6(2)10-5)8(11)4-9/h3,8,10-11H,4,9H2,1-2H3/t8-/m1/s1. The predicted octanol–water partition coefficient (Wildman–Crippen LogP) is 0.624. The van der Waals surface area contributed by atoms with Crippen LogP contribution in [-0.2, 0) is 0 Å². The fourth-order valence-corrected chi connectivity index (χ4v) is 1.22. The van der Waals surface area contributed by atoms with Crippen molar-refractivity contribution in [3.8, 4) is 0 Å². The van der Waals surface area contributed by atoms with Crippen LogP contribution in [0, 0.1) is 13.8 Å². The van der Waals surface area contributed by atoms with E-state index >= 15 is 0 Å². The molecular formula is C8H14N2O. The molecule has 1 aromatic rings. The molecule has 0 aliphatic heterocycles. The Hall–Kier alpha value is -0.800. The summed E-state index contributed by atoms with van der Waals surface area (Å²) in [5.74, 6) is 0. The first-order valence-corrected chi connectivity index (χ1v) is 3.69. The highest BCUT2D eigenvalue weighted by Crippen LogP contribution is 2.16. The van der Waals surface area contributed by atoms with E-state index in [1.807, 2.05) is 19.9 Å². The van der Waals surface area contributed by atoms with Crippen LogP contribution < -0.4 is 5.73 Å². The quantitative estimate of drug-likeness (QED) is 0.585. The van der Waals surface area contributed by atoms with Crippen molar-refractivity contribution in [3.05, 3.63) is 23.0 Å². The second-order valence-electron chi connectivity index (χ2n) is 2.78. The van der Waals surface area contributed by atoms with Crippen LogP contribution in [0.15, 0.2) is 6.07 Å². The summed E-state index contributed by atoms with van der Waals surface area (Å²) in [6.07, 6.45) is -0.528. The number of aliphatic hydroxyl groups is 1. The van der Waals surface area contributed by atoms with Gasteiger partial charge in [-0.1, -0.05) is 0 Å². The van der Waals surface area contributed by atoms with Crippen LogP contribution in [0.1, 0.15) is 23.1 Å². The summed E-state index contributed by atoms with van der Waals surface area (Å²) >= 11 is 0. The third-order valence-electron chi connectivity index (χ3n) is 1.77. The Balaban J connectivity index is 2.93. The van der Waals surface area contributed by atoms with Crippen LogP contribution in [-0.4, -0.2) is 16.6 Å². The molecule has 3 heteroatoms. The molecule has 0 spiro atoms. The second-order valence-corrected chi connectivity index (χ2v) is 2.78. The summed E-state index contributed by atoms with van der Waals surface area (Å²) in [5.41, 5.74) is 8.29. The molecule has 0 aliphatic rings. The Bertz CT molecular complexity index is 242. The van der Waals surface area contributed by atoms with Gasteiger partial charge in [-0.15, -0.1) is 0 Å². The van der Waals surface area contributed by atoms with Crippen LogP contribution in [0.3, 0.4) is 0 Å². The number of H-pyrrole nitrogens is 1. The molecule has 0 saturated carbocycles. The van der Waals surface area contributed by atoms with Gasteiger partial charge in [-0.2, -0.15) is 0 Å². The van der Waals surface area contributed by atoms with E-state index in [-0.39, 0.29) is 6.54 Å². The number of aromatic amines is 1. The molecule has 1 heterocycles. The summed E-state index contributed by atoms with van der Waals surface area (Å²) in [6, 6.07) is 1.92. The van der Waals surface area contributed by atoms with E-state index in [1.165, 1.54) is 0 Å². The summed E-state index contributed by atoms with van der Waals surface area (Å²) in [4.78, 5) is 3.11. The van der Waals surface area contributed by atoms with E-state index in [9.17, 15) is 5.11 Å². The smallest absolute Gasteiger partial charge is 0.0929 e. The molecule has 0 radical (unpaired) electrons. The lowest BCUT2D eigenvalue weighted by atomic mass is 10.1. The minimum absolute atomic E-state index is 0.276. The number of rotatable bonds is 2. The molecule has 11 heavy (non-hydrogen) atoms. The van der Waals surface area contributed by atoms with Crippen LogP contribution in [0.4, 0.5) is 0 Å². The second kappa shape index (κ2) is 3.07. The van der Waals surface area contributed by atoms with Gasteiger partial charge in [0.1, 0.15) is 0 Å². The molecule has 1 rings (SSSR count). The first kappa shape index (κ1) is 8.30. The zero-order chi connectivity index (χ0) is 8.43. The van der Waals surface area contributed by atoms with Gasteiger partial charge in [0.05, 0.1) is 6.10 Å². The van der Waals surface area contributed by atoms with Crippen molar-refractivity contribution in [3.63, 3.8) is 0 Å². The van der Waals surface area contributed by atoms with Crippen molar-refractivity contribution in [2.24, 2.45) is 5.73 Å². The molecule has 1 atom stereocenters. The molecule has 0 saturated heterocycles. The minimum atomic E-state index is -0.528. The van der Waals surface area contributed by atoms with Crippen molar-refractivity contribution in [2.45, 2.75) is 20.0 Å². The van der Waals surface area contributed by atoms with Crippen molar-refractivity contribution in [2.75, 3.05) is 6.54 Å². The van der Waals surface area contributed by atoms with Gasteiger partial charge in [0, 0.05) is 23.5 Å². The molecule has 0 aliphatic carbocycles. The number of hydrogen-bond acceptors (Lipinski definition) is 2. The lowest BCUT2D eigenvalue weighted by Crippen LogP contribution is -2.11. The Morgan fingerprint density at radius 1 is 1.64 bits per heavy atom. The van der Waals surface area contributed by atoms with Gasteiger partial charge in [-0.3, -0.25) is 0 Å². The third-order valence-corrected chi connectivity index (χ3v) is 1.77. The number of nitrogens with one attached hydrogen (secondary N) is 1. The zero-order valence-corrected chi connectivity index (χ0v) is 6.89. The fraction of sp³-hybridized carbons (Fsp3) is 0.500. The Morgan fingerprint density at radius 3 is 2.64 bits per heavy atom. The molecule has 1 aromatic heterocycles. The highest BCUT2D eigenvalue weighted by Gasteiger charge is 2.09. The summed E-state index contributed by atoms with van der Waals surface area (Å²) in [5, 5.41) is 9.38. The molecule has 4 N–H and O–H groups in total. The van der Waals surface area contributed by atoms with E-state index in [4.69, 9.17) is 5.73 Å². The van der Waals surface area contributed by atoms with Crippen LogP contribution in [0.25, 0.3) is 0 Å². The van der Waals surface area contributed by atoms with E-state index in [0.29, 0.717) is 0 Å². The zero-order valence-electron chi connectivity index (χ0n) is 6.89. The van der Waals surface area contributed by atoms with Crippen molar-refractivity contribution >= 4 is 0 Å². The monoisotopic (exact) mass is 154 g/mol. The van der Waals surface area contributed by atoms with Crippen LogP contribution >= 0.6 is 0 Å². The maximum Gasteiger partial charge on any atom is 0.0929 e. The van der Waals surface area contributed by atoms with Crippen molar-refractivity contribution in [1.29, 1.82) is 0 Å². The predicted molar refractivity (Wildman–Crippen MR) is 44.3 cm³/mol. The fourth-order valence-electron chi connectivity index (χ4n) is 1.22. The van der Waals surface area contributed by atoms with Crippen LogP contribution in [0.2, 0.25) is 0 Å². The third kappa shape index (κ3) is 1.61. The van der Waals surface area contributed by atoms with Gasteiger partial charge >= 0.3 is 0 Å². The van der Waals surface area contributed by atoms with Crippen molar-refractivity contribution in [1.82, 2.24) is 4.98 Å². The number of hydrogen-bond donors (Lipinski definition) is 3. The molecule has 0 unspecified atom stereocenters. The number of aliphatic hydroxyl groups excluding tert-OH is 1. The van der Waals surface area contributed by atoms with E-state index in [2.05, 4.69) is 4.98 Å². The first-order valence-electron chi connectivity index (χ1n) is 3.69. The highest BCUT2D eigenvalue weighted by molar-refractivity contribution is 5.26. The highest BCUT2D eigenvalue weighted by atomic mass is 16.3. The SMILES string of the molecule is Cc1cc([C@H](O)CN)c(C)[nH]1. The van der Waals surface area contributed by atoms with E-state index in [0.717, 1.165) is 17.0 Å². The lowest BCUT2D eigenvalue weighted by molar-refractivity contribution is 0.186. The summed E-state index contributed by atoms with van der Waals surface area (Å²) < 4.78 is 0. The Kier molecular flexibility index (Phi) is 2.31. The van der Waals surface area contributed by atoms with Gasteiger partial charge in [0.2, 0.25) is 0 Å². The van der Waals surface area contributed by atoms with Crippen molar-refractivity contribution < 1.29 is 5.11 Å². The Labute approximate surface area is 66.2 Å². The number of nitrogens with two attached hydrogens (primary N) is 1. The lowest BCUT2D eigenvalue weighted by Gasteiger charge is -2.05. The Morgan fingerprint density at radius 2 is 2.27 bits per heavy atom. The minimum Gasteiger partial charge on any atom is -0.387 e. The largest absolute Gasteiger partial charge is 0.387 e. The van der Waals surface area contributed by atoms with Gasteiger partial charge in [0.25, 0.3) is 0 Å². The molecule has 0 aromatic carbocycles. The van der Waals surface area contributed by atoms with Gasteiger partial charge < -0.3 is 15.8 Å². The maximum atomic E-state index is 9.38. The summed E-state index contributed by atoms with van der Waals surface area (Å²) in [7, 11) is 0. The van der Waals surface area contributed by atoms with Gasteiger partial charge in [-0.05, 0) is 19.9 Å². The molecule has 0 amide bonds. The summed E-state index contributed by atoms with van der Waals surface area (Å²) in [6.45, 7) is 4.17. The molecular weight excluding hydrogens is 140 g/mol. The molecule has 62 valence electrons. The van der Waals surface area contributed by atoms with E-state index < -0.39 is 6.10 Å². The topological polar surface area (TPSA) is 62.0 Å². The van der Waals surface area contributed by atoms with E-state index in [1.54, 1.807) is 0 Å². The average Bonchev–Trinajstić information content (AvgIpc) is 2.28. The molecule has 0 fully saturated rings. The van der Waals surface area contributed by atoms with Gasteiger partial charge in [-0.25, -0.2) is 0 Å². The molecule has 3 nitrogen and oxygen atoms in total. The number of aromatic nitrogens is 1. The molecule has 0 bridgehead atoms. The first-order chi connectivity index (χ1) is 5.15. The van der Waals surface area contributed by atoms with Gasteiger partial charge in [0.15, 0.2) is 0 Å². The number of aryl methyl sites for hydroxylation is 2. The average molecular weight is 154 g/mol. The normalized spacial score (nSPS) is 13.5. The van der Waals surface area contributed by atoms with Crippen LogP contribution in [0.5, 0.6) is 0 Å². The maximum absolute atomic E-state index is 9.38.